The number of halogens is 1. The molecule has 1 saturated carbocycles. The van der Waals surface area contributed by atoms with E-state index in [1.54, 1.807) is 0 Å². The van der Waals surface area contributed by atoms with Crippen LogP contribution in [0.2, 0.25) is 0 Å². The summed E-state index contributed by atoms with van der Waals surface area (Å²) in [5.41, 5.74) is 0. The minimum atomic E-state index is 0.406. The predicted octanol–water partition coefficient (Wildman–Crippen LogP) is 2.43. The van der Waals surface area contributed by atoms with Gasteiger partial charge in [0.25, 0.3) is 0 Å². The second-order valence-corrected chi connectivity index (χ2v) is 4.10. The van der Waals surface area contributed by atoms with E-state index in [4.69, 9.17) is 0 Å². The number of ketones is 1. The molecule has 2 aliphatic carbocycles. The molecule has 2 aliphatic rings. The van der Waals surface area contributed by atoms with Crippen molar-refractivity contribution < 1.29 is 4.79 Å². The van der Waals surface area contributed by atoms with Crippen molar-refractivity contribution in [3.8, 4) is 0 Å². The minimum Gasteiger partial charge on any atom is -0.300 e. The molecule has 2 heteroatoms. The van der Waals surface area contributed by atoms with E-state index in [0.29, 0.717) is 17.6 Å². The summed E-state index contributed by atoms with van der Waals surface area (Å²) in [4.78, 5) is 11.0. The van der Waals surface area contributed by atoms with Crippen molar-refractivity contribution in [2.24, 2.45) is 11.8 Å². The molecule has 0 heterocycles. The molecule has 2 atom stereocenters. The Labute approximate surface area is 74.3 Å². The van der Waals surface area contributed by atoms with Crippen molar-refractivity contribution in [2.75, 3.05) is 0 Å². The third-order valence-electron chi connectivity index (χ3n) is 2.35. The second kappa shape index (κ2) is 2.59. The number of hydrogen-bond donors (Lipinski definition) is 0. The van der Waals surface area contributed by atoms with Crippen LogP contribution in [0.5, 0.6) is 0 Å². The van der Waals surface area contributed by atoms with E-state index in [1.165, 1.54) is 0 Å². The second-order valence-electron chi connectivity index (χ2n) is 3.19. The smallest absolute Gasteiger partial charge is 0.134 e. The summed E-state index contributed by atoms with van der Waals surface area (Å²) >= 11 is 3.41. The van der Waals surface area contributed by atoms with E-state index in [-0.39, 0.29) is 0 Å². The molecule has 0 N–H and O–H groups in total. The molecule has 0 radical (unpaired) electrons. The zero-order valence-corrected chi connectivity index (χ0v) is 7.67. The molecule has 2 rings (SSSR count). The fraction of sp³-hybridized carbons (Fsp3) is 0.444. The van der Waals surface area contributed by atoms with Gasteiger partial charge < -0.3 is 0 Å². The largest absolute Gasteiger partial charge is 0.300 e. The van der Waals surface area contributed by atoms with Gasteiger partial charge in [0.05, 0.1) is 0 Å². The Kier molecular flexibility index (Phi) is 1.72. The van der Waals surface area contributed by atoms with Gasteiger partial charge in [0.1, 0.15) is 5.78 Å². The van der Waals surface area contributed by atoms with Crippen molar-refractivity contribution in [3.63, 3.8) is 0 Å². The van der Waals surface area contributed by atoms with E-state index < -0.39 is 0 Å². The number of fused-ring (bicyclic) bond motifs is 1. The zero-order valence-electron chi connectivity index (χ0n) is 6.09. The van der Waals surface area contributed by atoms with Crippen LogP contribution in [0.15, 0.2) is 22.7 Å². The number of Topliss-reactive ketones (excluding diaryl/α,β-unsaturated/α-hetero) is 1. The van der Waals surface area contributed by atoms with Crippen LogP contribution in [0.25, 0.3) is 0 Å². The lowest BCUT2D eigenvalue weighted by Crippen LogP contribution is -2.04. The Balaban J connectivity index is 2.23. The first kappa shape index (κ1) is 7.29. The number of hydrogen-bond acceptors (Lipinski definition) is 1. The third-order valence-corrected chi connectivity index (χ3v) is 2.88. The van der Waals surface area contributed by atoms with Crippen LogP contribution in [-0.2, 0) is 4.79 Å². The Morgan fingerprint density at radius 1 is 1.36 bits per heavy atom. The lowest BCUT2D eigenvalue weighted by atomic mass is 9.92. The van der Waals surface area contributed by atoms with Crippen molar-refractivity contribution >= 4 is 21.7 Å². The first-order valence-electron chi connectivity index (χ1n) is 3.83. The number of carbonyl (C=O) groups excluding carboxylic acids is 1. The molecule has 1 nitrogen and oxygen atoms in total. The fourth-order valence-electron chi connectivity index (χ4n) is 1.78. The van der Waals surface area contributed by atoms with Gasteiger partial charge in [-0.05, 0) is 11.8 Å². The quantitative estimate of drug-likeness (QED) is 0.603. The van der Waals surface area contributed by atoms with Gasteiger partial charge in [0, 0.05) is 17.3 Å². The maximum absolute atomic E-state index is 11.0. The van der Waals surface area contributed by atoms with Crippen LogP contribution < -0.4 is 0 Å². The van der Waals surface area contributed by atoms with Crippen LogP contribution in [0, 0.1) is 11.8 Å². The summed E-state index contributed by atoms with van der Waals surface area (Å²) in [6, 6.07) is 0. The Bertz CT molecular complexity index is 252. The number of allylic oxidation sites excluding steroid dienone is 4. The Hall–Kier alpha value is -0.370. The Morgan fingerprint density at radius 3 is 2.91 bits per heavy atom. The highest BCUT2D eigenvalue weighted by Gasteiger charge is 2.31. The van der Waals surface area contributed by atoms with E-state index in [0.717, 1.165) is 17.3 Å². The van der Waals surface area contributed by atoms with Gasteiger partial charge in [-0.2, -0.15) is 0 Å². The maximum Gasteiger partial charge on any atom is 0.134 e. The van der Waals surface area contributed by atoms with Gasteiger partial charge in [-0.1, -0.05) is 34.2 Å². The van der Waals surface area contributed by atoms with E-state index in [1.807, 2.05) is 6.08 Å². The molecule has 0 amide bonds. The minimum absolute atomic E-state index is 0.406. The first-order chi connectivity index (χ1) is 5.25. The van der Waals surface area contributed by atoms with Gasteiger partial charge in [0.2, 0.25) is 0 Å². The molecular weight excluding hydrogens is 204 g/mol. The highest BCUT2D eigenvalue weighted by atomic mass is 79.9. The zero-order chi connectivity index (χ0) is 7.84. The van der Waals surface area contributed by atoms with Gasteiger partial charge in [-0.15, -0.1) is 0 Å². The molecule has 2 unspecified atom stereocenters. The summed E-state index contributed by atoms with van der Waals surface area (Å²) < 4.78 is 1.12. The third kappa shape index (κ3) is 1.32. The molecule has 0 aliphatic heterocycles. The van der Waals surface area contributed by atoms with E-state index in [2.05, 4.69) is 28.1 Å². The summed E-state index contributed by atoms with van der Waals surface area (Å²) in [6.45, 7) is 0. The maximum atomic E-state index is 11.0. The van der Waals surface area contributed by atoms with Crippen molar-refractivity contribution in [1.29, 1.82) is 0 Å². The summed E-state index contributed by atoms with van der Waals surface area (Å²) in [5, 5.41) is 0. The molecule has 11 heavy (non-hydrogen) atoms. The molecule has 0 saturated heterocycles. The molecule has 0 aromatic heterocycles. The molecule has 0 bridgehead atoms. The molecular formula is C9H9BrO. The highest BCUT2D eigenvalue weighted by molar-refractivity contribution is 9.11. The van der Waals surface area contributed by atoms with E-state index in [9.17, 15) is 4.79 Å². The van der Waals surface area contributed by atoms with Crippen LogP contribution in [0.1, 0.15) is 12.8 Å². The predicted molar refractivity (Wildman–Crippen MR) is 47.4 cm³/mol. The highest BCUT2D eigenvalue weighted by Crippen LogP contribution is 2.36. The van der Waals surface area contributed by atoms with Crippen molar-refractivity contribution in [1.82, 2.24) is 0 Å². The average molecular weight is 213 g/mol. The van der Waals surface area contributed by atoms with Crippen LogP contribution in [0.3, 0.4) is 0 Å². The van der Waals surface area contributed by atoms with Crippen LogP contribution in [0.4, 0.5) is 0 Å². The lowest BCUT2D eigenvalue weighted by Gasteiger charge is -2.14. The van der Waals surface area contributed by atoms with Gasteiger partial charge in [-0.25, -0.2) is 0 Å². The summed E-state index contributed by atoms with van der Waals surface area (Å²) in [6.07, 6.45) is 7.82. The normalized spacial score (nSPS) is 35.4. The molecule has 0 aromatic carbocycles. The van der Waals surface area contributed by atoms with Crippen LogP contribution >= 0.6 is 15.9 Å². The topological polar surface area (TPSA) is 17.1 Å². The van der Waals surface area contributed by atoms with E-state index >= 15 is 0 Å². The van der Waals surface area contributed by atoms with Crippen molar-refractivity contribution in [3.05, 3.63) is 22.7 Å². The lowest BCUT2D eigenvalue weighted by molar-refractivity contribution is -0.117. The molecule has 58 valence electrons. The monoisotopic (exact) mass is 212 g/mol. The van der Waals surface area contributed by atoms with Gasteiger partial charge in [-0.3, -0.25) is 4.79 Å². The molecule has 1 fully saturated rings. The number of carbonyl (C=O) groups is 1. The van der Waals surface area contributed by atoms with Gasteiger partial charge >= 0.3 is 0 Å². The van der Waals surface area contributed by atoms with Gasteiger partial charge in [0.15, 0.2) is 0 Å². The standard InChI is InChI=1S/C9H9BrO/c10-8-2-1-6-4-9(11)5-7(6)3-8/h1-3,6-7H,4-5H2. The SMILES string of the molecule is O=C1CC2C=CC(Br)=CC2C1. The molecule has 0 spiro atoms. The summed E-state index contributed by atoms with van der Waals surface area (Å²) in [7, 11) is 0. The summed E-state index contributed by atoms with van der Waals surface area (Å²) in [5.74, 6) is 1.37. The average Bonchev–Trinajstić information content (AvgIpc) is 2.27. The first-order valence-corrected chi connectivity index (χ1v) is 4.62. The molecule has 0 aromatic rings. The Morgan fingerprint density at radius 2 is 2.09 bits per heavy atom. The van der Waals surface area contributed by atoms with Crippen molar-refractivity contribution in [2.45, 2.75) is 12.8 Å². The number of rotatable bonds is 0. The van der Waals surface area contributed by atoms with Crippen LogP contribution in [-0.4, -0.2) is 5.78 Å². The fourth-order valence-corrected chi connectivity index (χ4v) is 2.27.